The Hall–Kier alpha value is -0.670. The van der Waals surface area contributed by atoms with E-state index < -0.39 is 0 Å². The Bertz CT molecular complexity index is 356. The van der Waals surface area contributed by atoms with Crippen LogP contribution in [0.15, 0.2) is 24.3 Å². The lowest BCUT2D eigenvalue weighted by molar-refractivity contribution is 0.343. The fourth-order valence-electron chi connectivity index (χ4n) is 1.78. The van der Waals surface area contributed by atoms with E-state index in [0.29, 0.717) is 5.25 Å². The Morgan fingerprint density at radius 1 is 1.21 bits per heavy atom. The summed E-state index contributed by atoms with van der Waals surface area (Å²) in [5.74, 6) is 1.97. The summed E-state index contributed by atoms with van der Waals surface area (Å²) in [7, 11) is 0. The Labute approximate surface area is 122 Å². The van der Waals surface area contributed by atoms with Crippen molar-refractivity contribution in [3.63, 3.8) is 0 Å². The van der Waals surface area contributed by atoms with Gasteiger partial charge in [0.2, 0.25) is 0 Å². The van der Waals surface area contributed by atoms with Gasteiger partial charge in [-0.05, 0) is 36.1 Å². The van der Waals surface area contributed by atoms with Crippen molar-refractivity contribution in [2.45, 2.75) is 44.8 Å². The quantitative estimate of drug-likeness (QED) is 0.771. The van der Waals surface area contributed by atoms with Crippen LogP contribution in [0.2, 0.25) is 0 Å². The van der Waals surface area contributed by atoms with Crippen molar-refractivity contribution in [3.05, 3.63) is 29.8 Å². The van der Waals surface area contributed by atoms with Crippen LogP contribution in [0.25, 0.3) is 0 Å². The second-order valence-corrected chi connectivity index (χ2v) is 7.43. The average Bonchev–Trinajstić information content (AvgIpc) is 2.34. The maximum Gasteiger partial charge on any atom is 0.119 e. The third-order valence-electron chi connectivity index (χ3n) is 3.05. The molecular weight excluding hydrogens is 254 g/mol. The molecule has 0 aromatic heterocycles. The van der Waals surface area contributed by atoms with Crippen LogP contribution in [0, 0.1) is 0 Å². The minimum atomic E-state index is 0.200. The first-order valence-electron chi connectivity index (χ1n) is 6.98. The second kappa shape index (κ2) is 7.81. The lowest BCUT2D eigenvalue weighted by Gasteiger charge is -2.19. The van der Waals surface area contributed by atoms with Crippen molar-refractivity contribution in [1.29, 1.82) is 0 Å². The molecule has 1 aromatic rings. The largest absolute Gasteiger partial charge is 0.493 e. The summed E-state index contributed by atoms with van der Waals surface area (Å²) in [5.41, 5.74) is 7.07. The normalized spacial score (nSPS) is 13.3. The molecule has 108 valence electrons. The number of rotatable bonds is 7. The highest BCUT2D eigenvalue weighted by atomic mass is 32.2. The van der Waals surface area contributed by atoms with Crippen molar-refractivity contribution in [3.8, 4) is 5.75 Å². The highest BCUT2D eigenvalue weighted by molar-refractivity contribution is 7.99. The van der Waals surface area contributed by atoms with Crippen LogP contribution in [0.1, 0.15) is 39.7 Å². The molecule has 0 bridgehead atoms. The van der Waals surface area contributed by atoms with Gasteiger partial charge in [0, 0.05) is 11.0 Å². The van der Waals surface area contributed by atoms with E-state index in [0.717, 1.165) is 31.1 Å². The lowest BCUT2D eigenvalue weighted by Crippen LogP contribution is -2.11. The summed E-state index contributed by atoms with van der Waals surface area (Å²) in [6.45, 7) is 10.4. The predicted molar refractivity (Wildman–Crippen MR) is 86.2 cm³/mol. The standard InChI is InChI=1S/C16H27NOS/c1-13(9-10-17)19-12-11-18-15-7-5-14(6-8-15)16(2,3)4/h5-8,13H,9-12,17H2,1-4H3. The number of thioether (sulfide) groups is 1. The summed E-state index contributed by atoms with van der Waals surface area (Å²) in [6, 6.07) is 8.43. The molecule has 1 atom stereocenters. The first-order chi connectivity index (χ1) is 8.93. The van der Waals surface area contributed by atoms with Crippen molar-refractivity contribution in [2.75, 3.05) is 18.9 Å². The Kier molecular flexibility index (Phi) is 6.73. The van der Waals surface area contributed by atoms with E-state index in [4.69, 9.17) is 10.5 Å². The van der Waals surface area contributed by atoms with Gasteiger partial charge in [-0.1, -0.05) is 39.8 Å². The summed E-state index contributed by atoms with van der Waals surface area (Å²) in [4.78, 5) is 0. The minimum Gasteiger partial charge on any atom is -0.493 e. The third kappa shape index (κ3) is 6.35. The molecule has 2 N–H and O–H groups in total. The zero-order valence-corrected chi connectivity index (χ0v) is 13.4. The van der Waals surface area contributed by atoms with Gasteiger partial charge in [0.05, 0.1) is 6.61 Å². The fraction of sp³-hybridized carbons (Fsp3) is 0.625. The van der Waals surface area contributed by atoms with Gasteiger partial charge in [-0.25, -0.2) is 0 Å². The number of hydrogen-bond acceptors (Lipinski definition) is 3. The van der Waals surface area contributed by atoms with Gasteiger partial charge >= 0.3 is 0 Å². The fourth-order valence-corrected chi connectivity index (χ4v) is 2.66. The van der Waals surface area contributed by atoms with Gasteiger partial charge in [-0.3, -0.25) is 0 Å². The Morgan fingerprint density at radius 2 is 1.84 bits per heavy atom. The van der Waals surface area contributed by atoms with E-state index in [2.05, 4.69) is 52.0 Å². The molecule has 0 amide bonds. The first kappa shape index (κ1) is 16.4. The van der Waals surface area contributed by atoms with Gasteiger partial charge < -0.3 is 10.5 Å². The molecule has 0 fully saturated rings. The van der Waals surface area contributed by atoms with Crippen molar-refractivity contribution >= 4 is 11.8 Å². The van der Waals surface area contributed by atoms with Gasteiger partial charge in [0.1, 0.15) is 5.75 Å². The molecule has 2 nitrogen and oxygen atoms in total. The molecule has 1 aromatic carbocycles. The highest BCUT2D eigenvalue weighted by Crippen LogP contribution is 2.24. The van der Waals surface area contributed by atoms with Crippen molar-refractivity contribution < 1.29 is 4.74 Å². The minimum absolute atomic E-state index is 0.200. The van der Waals surface area contributed by atoms with E-state index in [9.17, 15) is 0 Å². The van der Waals surface area contributed by atoms with E-state index in [-0.39, 0.29) is 5.41 Å². The van der Waals surface area contributed by atoms with Crippen LogP contribution >= 0.6 is 11.8 Å². The zero-order valence-electron chi connectivity index (χ0n) is 12.6. The van der Waals surface area contributed by atoms with E-state index in [1.165, 1.54) is 5.56 Å². The monoisotopic (exact) mass is 281 g/mol. The number of nitrogens with two attached hydrogens (primary N) is 1. The molecule has 3 heteroatoms. The molecule has 1 rings (SSSR count). The molecule has 0 heterocycles. The highest BCUT2D eigenvalue weighted by Gasteiger charge is 2.12. The van der Waals surface area contributed by atoms with Crippen LogP contribution in [-0.2, 0) is 5.41 Å². The first-order valence-corrected chi connectivity index (χ1v) is 8.03. The number of hydrogen-bond donors (Lipinski definition) is 1. The van der Waals surface area contributed by atoms with E-state index in [1.807, 2.05) is 11.8 Å². The topological polar surface area (TPSA) is 35.2 Å². The van der Waals surface area contributed by atoms with Crippen LogP contribution in [0.4, 0.5) is 0 Å². The van der Waals surface area contributed by atoms with Crippen LogP contribution < -0.4 is 10.5 Å². The van der Waals surface area contributed by atoms with E-state index in [1.54, 1.807) is 0 Å². The van der Waals surface area contributed by atoms with Crippen molar-refractivity contribution in [1.82, 2.24) is 0 Å². The van der Waals surface area contributed by atoms with Gasteiger partial charge in [-0.15, -0.1) is 0 Å². The zero-order chi connectivity index (χ0) is 14.3. The maximum atomic E-state index is 5.75. The summed E-state index contributed by atoms with van der Waals surface area (Å²) < 4.78 is 5.75. The Morgan fingerprint density at radius 3 is 2.37 bits per heavy atom. The van der Waals surface area contributed by atoms with Gasteiger partial charge in [-0.2, -0.15) is 11.8 Å². The molecule has 0 aliphatic rings. The van der Waals surface area contributed by atoms with Gasteiger partial charge in [0.25, 0.3) is 0 Å². The molecule has 0 saturated heterocycles. The number of ether oxygens (including phenoxy) is 1. The predicted octanol–water partition coefficient (Wildman–Crippen LogP) is 3.83. The molecule has 0 radical (unpaired) electrons. The summed E-state index contributed by atoms with van der Waals surface area (Å²) >= 11 is 1.92. The van der Waals surface area contributed by atoms with Crippen LogP contribution in [0.5, 0.6) is 5.75 Å². The van der Waals surface area contributed by atoms with Crippen molar-refractivity contribution in [2.24, 2.45) is 5.73 Å². The molecule has 0 saturated carbocycles. The third-order valence-corrected chi connectivity index (χ3v) is 4.26. The van der Waals surface area contributed by atoms with Crippen LogP contribution in [0.3, 0.4) is 0 Å². The summed E-state index contributed by atoms with van der Waals surface area (Å²) in [5, 5.41) is 0.622. The average molecular weight is 281 g/mol. The molecule has 19 heavy (non-hydrogen) atoms. The molecule has 1 unspecified atom stereocenters. The second-order valence-electron chi connectivity index (χ2n) is 5.88. The molecule has 0 aliphatic carbocycles. The SMILES string of the molecule is CC(CCN)SCCOc1ccc(C(C)(C)C)cc1. The number of benzene rings is 1. The molecule has 0 aliphatic heterocycles. The van der Waals surface area contributed by atoms with Gasteiger partial charge in [0.15, 0.2) is 0 Å². The van der Waals surface area contributed by atoms with E-state index >= 15 is 0 Å². The van der Waals surface area contributed by atoms with Crippen LogP contribution in [-0.4, -0.2) is 24.2 Å². The Balaban J connectivity index is 2.31. The smallest absolute Gasteiger partial charge is 0.119 e. The maximum absolute atomic E-state index is 5.75. The summed E-state index contributed by atoms with van der Waals surface area (Å²) in [6.07, 6.45) is 1.07. The molecular formula is C16H27NOS. The molecule has 0 spiro atoms. The lowest BCUT2D eigenvalue weighted by atomic mass is 9.87.